The van der Waals surface area contributed by atoms with Crippen LogP contribution in [0, 0.1) is 11.3 Å². The van der Waals surface area contributed by atoms with Crippen molar-refractivity contribution in [3.63, 3.8) is 0 Å². The van der Waals surface area contributed by atoms with Crippen LogP contribution in [0.1, 0.15) is 40.0 Å². The van der Waals surface area contributed by atoms with E-state index in [2.05, 4.69) is 6.07 Å². The molecule has 5 heteroatoms. The molecule has 1 aliphatic heterocycles. The van der Waals surface area contributed by atoms with E-state index in [0.717, 1.165) is 6.42 Å². The van der Waals surface area contributed by atoms with Crippen molar-refractivity contribution in [1.82, 2.24) is 4.90 Å². The Morgan fingerprint density at radius 3 is 2.59 bits per heavy atom. The molecule has 0 aromatic rings. The van der Waals surface area contributed by atoms with Crippen molar-refractivity contribution in [2.45, 2.75) is 57.6 Å². The van der Waals surface area contributed by atoms with Crippen LogP contribution in [0.25, 0.3) is 0 Å². The molecule has 1 aliphatic rings. The van der Waals surface area contributed by atoms with Gasteiger partial charge in [0, 0.05) is 13.1 Å². The molecule has 1 unspecified atom stereocenters. The van der Waals surface area contributed by atoms with Gasteiger partial charge in [-0.2, -0.15) is 5.26 Å². The third-order valence-electron chi connectivity index (χ3n) is 2.91. The van der Waals surface area contributed by atoms with Gasteiger partial charge in [0.25, 0.3) is 0 Å². The predicted octanol–water partition coefficient (Wildman–Crippen LogP) is 0.784. The van der Waals surface area contributed by atoms with Gasteiger partial charge in [-0.25, -0.2) is 0 Å². The highest BCUT2D eigenvalue weighted by Crippen LogP contribution is 2.21. The second-order valence-corrected chi connectivity index (χ2v) is 5.71. The van der Waals surface area contributed by atoms with Crippen LogP contribution in [-0.2, 0) is 4.74 Å². The highest BCUT2D eigenvalue weighted by molar-refractivity contribution is 5.05. The zero-order chi connectivity index (χ0) is 13.1. The van der Waals surface area contributed by atoms with Crippen LogP contribution in [0.15, 0.2) is 0 Å². The summed E-state index contributed by atoms with van der Waals surface area (Å²) in [7, 11) is 0. The number of nitrogens with zero attached hydrogens (tertiary/aromatic N) is 2. The van der Waals surface area contributed by atoms with Crippen LogP contribution in [0.4, 0.5) is 0 Å². The number of nitriles is 1. The maximum atomic E-state index is 9.96. The number of hydrogen-bond acceptors (Lipinski definition) is 5. The summed E-state index contributed by atoms with van der Waals surface area (Å²) >= 11 is 0. The summed E-state index contributed by atoms with van der Waals surface area (Å²) in [5.74, 6) is 0. The fourth-order valence-corrected chi connectivity index (χ4v) is 1.90. The third kappa shape index (κ3) is 4.60. The second kappa shape index (κ2) is 5.32. The number of ether oxygens (including phenoxy) is 1. The maximum absolute atomic E-state index is 9.96. The van der Waals surface area contributed by atoms with Crippen molar-refractivity contribution in [2.75, 3.05) is 13.1 Å². The first-order valence-electron chi connectivity index (χ1n) is 6.06. The minimum absolute atomic E-state index is 0.388. The lowest BCUT2D eigenvalue weighted by atomic mass is 9.94. The number of aliphatic hydroxyl groups excluding tert-OH is 1. The van der Waals surface area contributed by atoms with Crippen molar-refractivity contribution in [1.29, 1.82) is 5.26 Å². The van der Waals surface area contributed by atoms with E-state index in [1.54, 1.807) is 0 Å². The molecule has 0 spiro atoms. The first kappa shape index (κ1) is 14.4. The molecule has 0 aliphatic carbocycles. The van der Waals surface area contributed by atoms with E-state index in [4.69, 9.17) is 15.7 Å². The van der Waals surface area contributed by atoms with Gasteiger partial charge >= 0.3 is 0 Å². The highest BCUT2D eigenvalue weighted by atomic mass is 16.6. The van der Waals surface area contributed by atoms with Crippen LogP contribution in [0.3, 0.4) is 0 Å². The fourth-order valence-electron chi connectivity index (χ4n) is 1.90. The molecule has 17 heavy (non-hydrogen) atoms. The Kier molecular flexibility index (Phi) is 4.50. The van der Waals surface area contributed by atoms with Crippen LogP contribution < -0.4 is 5.73 Å². The Bertz CT molecular complexity index is 295. The normalized spacial score (nSPS) is 29.4. The van der Waals surface area contributed by atoms with Gasteiger partial charge in [0.05, 0.1) is 11.7 Å². The van der Waals surface area contributed by atoms with Crippen LogP contribution in [0.5, 0.6) is 0 Å². The summed E-state index contributed by atoms with van der Waals surface area (Å²) < 4.78 is 5.49. The van der Waals surface area contributed by atoms with Crippen molar-refractivity contribution in [3.8, 4) is 6.07 Å². The van der Waals surface area contributed by atoms with Crippen LogP contribution >= 0.6 is 0 Å². The smallest absolute Gasteiger partial charge is 0.216 e. The van der Waals surface area contributed by atoms with Gasteiger partial charge in [-0.3, -0.25) is 4.90 Å². The van der Waals surface area contributed by atoms with Crippen molar-refractivity contribution < 1.29 is 9.84 Å². The van der Waals surface area contributed by atoms with Crippen LogP contribution in [-0.4, -0.2) is 40.6 Å². The molecule has 2 atom stereocenters. The number of hydrogen-bond donors (Lipinski definition) is 2. The predicted molar refractivity (Wildman–Crippen MR) is 64.8 cm³/mol. The molecule has 5 nitrogen and oxygen atoms in total. The zero-order valence-electron chi connectivity index (χ0n) is 10.9. The van der Waals surface area contributed by atoms with Crippen molar-refractivity contribution in [3.05, 3.63) is 0 Å². The molecule has 1 rings (SSSR count). The molecule has 1 heterocycles. The molecule has 98 valence electrons. The van der Waals surface area contributed by atoms with E-state index < -0.39 is 12.0 Å². The van der Waals surface area contributed by atoms with Crippen molar-refractivity contribution >= 4 is 0 Å². The molecule has 0 amide bonds. The van der Waals surface area contributed by atoms with Gasteiger partial charge in [0.1, 0.15) is 5.54 Å². The van der Waals surface area contributed by atoms with Gasteiger partial charge in [-0.05, 0) is 40.0 Å². The van der Waals surface area contributed by atoms with Gasteiger partial charge in [-0.1, -0.05) is 0 Å². The van der Waals surface area contributed by atoms with E-state index in [1.807, 2.05) is 25.7 Å². The monoisotopic (exact) mass is 241 g/mol. The largest absolute Gasteiger partial charge is 0.356 e. The molecule has 1 fully saturated rings. The lowest BCUT2D eigenvalue weighted by molar-refractivity contribution is -0.238. The van der Waals surface area contributed by atoms with E-state index in [9.17, 15) is 5.11 Å². The Morgan fingerprint density at radius 2 is 2.06 bits per heavy atom. The standard InChI is InChI=1S/C12H23N3O2/c1-11(2,3)17-10(16)15-7-4-5-12(14,9-13)6-8-15/h10,16H,4-8,14H2,1-3H3/t10?,12-/m1/s1. The summed E-state index contributed by atoms with van der Waals surface area (Å²) in [6, 6.07) is 2.16. The minimum atomic E-state index is -0.920. The minimum Gasteiger partial charge on any atom is -0.356 e. The number of likely N-dealkylation sites (tertiary alicyclic amines) is 1. The number of rotatable bonds is 2. The molecule has 0 aromatic carbocycles. The summed E-state index contributed by atoms with van der Waals surface area (Å²) in [5.41, 5.74) is 4.80. The highest BCUT2D eigenvalue weighted by Gasteiger charge is 2.31. The molecular weight excluding hydrogens is 218 g/mol. The summed E-state index contributed by atoms with van der Waals surface area (Å²) in [5, 5.41) is 19.0. The third-order valence-corrected chi connectivity index (χ3v) is 2.91. The van der Waals surface area contributed by atoms with Crippen molar-refractivity contribution in [2.24, 2.45) is 5.73 Å². The zero-order valence-corrected chi connectivity index (χ0v) is 10.9. The lowest BCUT2D eigenvalue weighted by Gasteiger charge is -2.31. The Balaban J connectivity index is 2.55. The Hall–Kier alpha value is -0.670. The van der Waals surface area contributed by atoms with E-state index in [-0.39, 0.29) is 5.60 Å². The molecule has 1 saturated heterocycles. The summed E-state index contributed by atoms with van der Waals surface area (Å²) in [6.45, 7) is 6.99. The van der Waals surface area contributed by atoms with Gasteiger partial charge in [-0.15, -0.1) is 0 Å². The lowest BCUT2D eigenvalue weighted by Crippen LogP contribution is -2.44. The second-order valence-electron chi connectivity index (χ2n) is 5.71. The summed E-state index contributed by atoms with van der Waals surface area (Å²) in [4.78, 5) is 1.83. The van der Waals surface area contributed by atoms with Gasteiger partial charge in [0.2, 0.25) is 6.41 Å². The quantitative estimate of drug-likeness (QED) is 0.698. The summed E-state index contributed by atoms with van der Waals surface area (Å²) in [6.07, 6.45) is 1.11. The average Bonchev–Trinajstić information content (AvgIpc) is 2.39. The average molecular weight is 241 g/mol. The maximum Gasteiger partial charge on any atom is 0.216 e. The van der Waals surface area contributed by atoms with E-state index in [1.165, 1.54) is 0 Å². The fraction of sp³-hybridized carbons (Fsp3) is 0.917. The first-order chi connectivity index (χ1) is 7.76. The number of nitrogens with two attached hydrogens (primary N) is 1. The molecule has 0 aromatic heterocycles. The molecule has 3 N–H and O–H groups in total. The Labute approximate surface area is 103 Å². The Morgan fingerprint density at radius 1 is 1.41 bits per heavy atom. The molecule has 0 bridgehead atoms. The first-order valence-corrected chi connectivity index (χ1v) is 6.06. The molecule has 0 saturated carbocycles. The van der Waals surface area contributed by atoms with Gasteiger partial charge in [0.15, 0.2) is 0 Å². The molecular formula is C12H23N3O2. The topological polar surface area (TPSA) is 82.5 Å². The van der Waals surface area contributed by atoms with Gasteiger partial charge < -0.3 is 15.6 Å². The SMILES string of the molecule is CC(C)(C)OC(O)N1CCC[C@](N)(C#N)CC1. The molecule has 0 radical (unpaired) electrons. The van der Waals surface area contributed by atoms with Crippen LogP contribution in [0.2, 0.25) is 0 Å². The number of aliphatic hydroxyl groups is 1. The van der Waals surface area contributed by atoms with E-state index in [0.29, 0.717) is 25.9 Å². The van der Waals surface area contributed by atoms with E-state index >= 15 is 0 Å².